The van der Waals surface area contributed by atoms with Gasteiger partial charge < -0.3 is 5.11 Å². The van der Waals surface area contributed by atoms with Gasteiger partial charge in [-0.25, -0.2) is 9.69 Å². The number of carbonyl (C=O) groups excluding carboxylic acids is 2. The largest absolute Gasteiger partial charge is 0.478 e. The Hall–Kier alpha value is -1.21. The fourth-order valence-electron chi connectivity index (χ4n) is 2.12. The van der Waals surface area contributed by atoms with Crippen molar-refractivity contribution in [3.8, 4) is 0 Å². The Labute approximate surface area is 132 Å². The molecule has 1 N–H and O–H groups in total. The van der Waals surface area contributed by atoms with Crippen molar-refractivity contribution in [2.45, 2.75) is 25.7 Å². The van der Waals surface area contributed by atoms with Gasteiger partial charge in [-0.3, -0.25) is 9.59 Å². The standard InChI is InChI=1S/C13H11Br2NO4/c14-7-5-8(13(19)20)12(9(15)6-7)16-10(17)3-1-2-4-11(16)18/h5-6H,1-4H2,(H,19,20). The number of amides is 2. The highest BCUT2D eigenvalue weighted by Crippen LogP contribution is 2.35. The first-order valence-corrected chi connectivity index (χ1v) is 7.58. The van der Waals surface area contributed by atoms with Gasteiger partial charge >= 0.3 is 5.97 Å². The van der Waals surface area contributed by atoms with Crippen LogP contribution in [0.15, 0.2) is 21.1 Å². The van der Waals surface area contributed by atoms with Gasteiger partial charge in [-0.2, -0.15) is 0 Å². The molecule has 0 aromatic heterocycles. The van der Waals surface area contributed by atoms with Gasteiger partial charge in [-0.05, 0) is 40.9 Å². The van der Waals surface area contributed by atoms with E-state index in [2.05, 4.69) is 31.9 Å². The maximum atomic E-state index is 12.1. The summed E-state index contributed by atoms with van der Waals surface area (Å²) in [5, 5.41) is 9.30. The SMILES string of the molecule is O=C(O)c1cc(Br)cc(Br)c1N1C(=O)CCCCC1=O. The zero-order valence-corrected chi connectivity index (χ0v) is 13.5. The third-order valence-electron chi connectivity index (χ3n) is 3.01. The number of hydrogen-bond acceptors (Lipinski definition) is 3. The summed E-state index contributed by atoms with van der Waals surface area (Å²) < 4.78 is 0.952. The zero-order chi connectivity index (χ0) is 14.9. The molecule has 1 aliphatic rings. The summed E-state index contributed by atoms with van der Waals surface area (Å²) in [7, 11) is 0. The average Bonchev–Trinajstić information content (AvgIpc) is 2.51. The predicted octanol–water partition coefficient (Wildman–Crippen LogP) is 3.34. The number of halogens is 2. The molecule has 1 fully saturated rings. The van der Waals surface area contributed by atoms with Crippen molar-refractivity contribution in [2.24, 2.45) is 0 Å². The molecule has 0 aliphatic carbocycles. The number of nitrogens with zero attached hydrogens (tertiary/aromatic N) is 1. The van der Waals surface area contributed by atoms with Gasteiger partial charge in [0.05, 0.1) is 11.3 Å². The molecule has 0 unspecified atom stereocenters. The normalized spacial score (nSPS) is 16.2. The number of rotatable bonds is 2. The van der Waals surface area contributed by atoms with Crippen LogP contribution >= 0.6 is 31.9 Å². The second-order valence-electron chi connectivity index (χ2n) is 4.42. The molecule has 0 radical (unpaired) electrons. The molecule has 0 saturated carbocycles. The third-order valence-corrected chi connectivity index (χ3v) is 4.07. The van der Waals surface area contributed by atoms with E-state index in [1.165, 1.54) is 6.07 Å². The number of hydrogen-bond donors (Lipinski definition) is 1. The van der Waals surface area contributed by atoms with E-state index in [1.54, 1.807) is 6.07 Å². The van der Waals surface area contributed by atoms with Crippen LogP contribution in [0.1, 0.15) is 36.0 Å². The maximum Gasteiger partial charge on any atom is 0.337 e. The molecule has 1 aromatic rings. The fourth-order valence-corrected chi connectivity index (χ4v) is 3.52. The Bertz CT molecular complexity index is 582. The lowest BCUT2D eigenvalue weighted by Crippen LogP contribution is -2.36. The van der Waals surface area contributed by atoms with Gasteiger partial charge in [-0.1, -0.05) is 15.9 Å². The minimum atomic E-state index is -1.19. The Morgan fingerprint density at radius 3 is 2.15 bits per heavy atom. The number of benzene rings is 1. The van der Waals surface area contributed by atoms with Crippen LogP contribution in [0.4, 0.5) is 5.69 Å². The van der Waals surface area contributed by atoms with E-state index in [0.717, 1.165) is 4.90 Å². The second kappa shape index (κ2) is 6.05. The van der Waals surface area contributed by atoms with E-state index in [1.807, 2.05) is 0 Å². The molecule has 20 heavy (non-hydrogen) atoms. The third kappa shape index (κ3) is 2.93. The van der Waals surface area contributed by atoms with Gasteiger partial charge in [-0.15, -0.1) is 0 Å². The molecule has 1 aromatic carbocycles. The number of carbonyl (C=O) groups is 3. The van der Waals surface area contributed by atoms with Crippen molar-refractivity contribution in [2.75, 3.05) is 4.90 Å². The van der Waals surface area contributed by atoms with Crippen LogP contribution in [-0.2, 0) is 9.59 Å². The number of carboxylic acid groups (broad SMARTS) is 1. The molecule has 5 nitrogen and oxygen atoms in total. The number of aromatic carboxylic acids is 1. The molecule has 1 aliphatic heterocycles. The molecular weight excluding hydrogens is 394 g/mol. The monoisotopic (exact) mass is 403 g/mol. The van der Waals surface area contributed by atoms with Crippen LogP contribution in [0.2, 0.25) is 0 Å². The molecule has 0 atom stereocenters. The molecule has 1 heterocycles. The summed E-state index contributed by atoms with van der Waals surface area (Å²) in [6, 6.07) is 3.00. The van der Waals surface area contributed by atoms with Gasteiger partial charge in [0.25, 0.3) is 0 Å². The minimum absolute atomic E-state index is 0.0881. The highest BCUT2D eigenvalue weighted by molar-refractivity contribution is 9.11. The molecule has 2 amide bonds. The summed E-state index contributed by atoms with van der Waals surface area (Å²) in [6.07, 6.45) is 1.76. The van der Waals surface area contributed by atoms with Crippen molar-refractivity contribution in [3.05, 3.63) is 26.6 Å². The summed E-state index contributed by atoms with van der Waals surface area (Å²) in [5.41, 5.74) is 0.0208. The van der Waals surface area contributed by atoms with E-state index < -0.39 is 5.97 Å². The van der Waals surface area contributed by atoms with Gasteiger partial charge in [0.15, 0.2) is 0 Å². The average molecular weight is 405 g/mol. The molecule has 7 heteroatoms. The van der Waals surface area contributed by atoms with Gasteiger partial charge in [0.2, 0.25) is 11.8 Å². The van der Waals surface area contributed by atoms with Crippen LogP contribution < -0.4 is 4.90 Å². The quantitative estimate of drug-likeness (QED) is 0.767. The molecule has 1 saturated heterocycles. The van der Waals surface area contributed by atoms with Crippen molar-refractivity contribution >= 4 is 55.3 Å². The van der Waals surface area contributed by atoms with E-state index in [-0.39, 0.29) is 35.9 Å². The Kier molecular flexibility index (Phi) is 4.59. The van der Waals surface area contributed by atoms with E-state index in [9.17, 15) is 19.5 Å². The van der Waals surface area contributed by atoms with E-state index >= 15 is 0 Å². The number of imide groups is 1. The summed E-state index contributed by atoms with van der Waals surface area (Å²) in [4.78, 5) is 36.6. The molecule has 2 rings (SSSR count). The first kappa shape index (κ1) is 15.2. The maximum absolute atomic E-state index is 12.1. The van der Waals surface area contributed by atoms with Gasteiger partial charge in [0.1, 0.15) is 0 Å². The van der Waals surface area contributed by atoms with Crippen LogP contribution in [-0.4, -0.2) is 22.9 Å². The lowest BCUT2D eigenvalue weighted by atomic mass is 10.1. The number of carboxylic acids is 1. The highest BCUT2D eigenvalue weighted by atomic mass is 79.9. The van der Waals surface area contributed by atoms with E-state index in [0.29, 0.717) is 21.8 Å². The lowest BCUT2D eigenvalue weighted by Gasteiger charge is -2.22. The summed E-state index contributed by atoms with van der Waals surface area (Å²) >= 11 is 6.45. The van der Waals surface area contributed by atoms with Crippen LogP contribution in [0.5, 0.6) is 0 Å². The Morgan fingerprint density at radius 2 is 1.65 bits per heavy atom. The Morgan fingerprint density at radius 1 is 1.10 bits per heavy atom. The molecular formula is C13H11Br2NO4. The van der Waals surface area contributed by atoms with Crippen molar-refractivity contribution in [1.29, 1.82) is 0 Å². The number of anilines is 1. The van der Waals surface area contributed by atoms with Crippen LogP contribution in [0, 0.1) is 0 Å². The molecule has 0 bridgehead atoms. The van der Waals surface area contributed by atoms with Crippen molar-refractivity contribution < 1.29 is 19.5 Å². The molecule has 106 valence electrons. The summed E-state index contributed by atoms with van der Waals surface area (Å²) in [5.74, 6) is -1.91. The topological polar surface area (TPSA) is 74.7 Å². The van der Waals surface area contributed by atoms with Crippen molar-refractivity contribution in [1.82, 2.24) is 0 Å². The lowest BCUT2D eigenvalue weighted by molar-refractivity contribution is -0.125. The van der Waals surface area contributed by atoms with Gasteiger partial charge in [0, 0.05) is 21.8 Å². The minimum Gasteiger partial charge on any atom is -0.478 e. The predicted molar refractivity (Wildman–Crippen MR) is 79.8 cm³/mol. The zero-order valence-electron chi connectivity index (χ0n) is 10.4. The van der Waals surface area contributed by atoms with Crippen molar-refractivity contribution in [3.63, 3.8) is 0 Å². The van der Waals surface area contributed by atoms with Crippen LogP contribution in [0.25, 0.3) is 0 Å². The smallest absolute Gasteiger partial charge is 0.337 e. The second-order valence-corrected chi connectivity index (χ2v) is 6.19. The first-order valence-electron chi connectivity index (χ1n) is 6.00. The highest BCUT2D eigenvalue weighted by Gasteiger charge is 2.31. The first-order chi connectivity index (χ1) is 9.41. The van der Waals surface area contributed by atoms with Crippen LogP contribution in [0.3, 0.4) is 0 Å². The summed E-state index contributed by atoms with van der Waals surface area (Å²) in [6.45, 7) is 0. The van der Waals surface area contributed by atoms with E-state index in [4.69, 9.17) is 0 Å². The molecule has 0 spiro atoms. The fraction of sp³-hybridized carbons (Fsp3) is 0.308. The Balaban J connectivity index is 2.63.